The molecule has 4 nitrogen and oxygen atoms in total. The Kier molecular flexibility index (Phi) is 5.27. The average molecular weight is 375 g/mol. The molecule has 0 aliphatic rings. The second-order valence-electron chi connectivity index (χ2n) is 5.65. The van der Waals surface area contributed by atoms with Crippen LogP contribution in [0.1, 0.15) is 20.8 Å². The molecule has 0 saturated heterocycles. The molecular formula is C19H15F2NO3S. The van der Waals surface area contributed by atoms with E-state index in [-0.39, 0.29) is 17.2 Å². The molecule has 7 heteroatoms. The van der Waals surface area contributed by atoms with Gasteiger partial charge >= 0.3 is 5.97 Å². The van der Waals surface area contributed by atoms with E-state index >= 15 is 0 Å². The molecule has 3 aromatic rings. The lowest BCUT2D eigenvalue weighted by atomic mass is 10.1. The molecule has 0 aliphatic heterocycles. The highest BCUT2D eigenvalue weighted by Gasteiger charge is 2.19. The number of nitrogens with one attached hydrogen (secondary N) is 1. The van der Waals surface area contributed by atoms with Crippen LogP contribution < -0.4 is 5.32 Å². The molecule has 0 aliphatic carbocycles. The summed E-state index contributed by atoms with van der Waals surface area (Å²) in [5.74, 6) is -1.90. The Hall–Kier alpha value is -2.80. The molecule has 1 N–H and O–H groups in total. The van der Waals surface area contributed by atoms with Crippen molar-refractivity contribution in [3.8, 4) is 0 Å². The van der Waals surface area contributed by atoms with Gasteiger partial charge in [-0.05, 0) is 42.3 Å². The minimum Gasteiger partial charge on any atom is -0.451 e. The van der Waals surface area contributed by atoms with Crippen LogP contribution in [0.3, 0.4) is 0 Å². The summed E-state index contributed by atoms with van der Waals surface area (Å²) in [7, 11) is 0. The number of rotatable bonds is 5. The molecule has 0 atom stereocenters. The summed E-state index contributed by atoms with van der Waals surface area (Å²) in [5.41, 5.74) is 1.22. The highest BCUT2D eigenvalue weighted by Crippen LogP contribution is 2.32. The fourth-order valence-corrected chi connectivity index (χ4v) is 3.62. The highest BCUT2D eigenvalue weighted by molar-refractivity contribution is 7.21. The summed E-state index contributed by atoms with van der Waals surface area (Å²) in [6, 6.07) is 10.3. The van der Waals surface area contributed by atoms with Crippen LogP contribution >= 0.6 is 11.3 Å². The molecule has 0 spiro atoms. The van der Waals surface area contributed by atoms with Gasteiger partial charge in [0.15, 0.2) is 6.61 Å². The zero-order valence-corrected chi connectivity index (χ0v) is 14.7. The fraction of sp³-hybridized carbons (Fsp3) is 0.158. The fourth-order valence-electron chi connectivity index (χ4n) is 2.50. The lowest BCUT2D eigenvalue weighted by Gasteiger charge is -2.06. The third-order valence-electron chi connectivity index (χ3n) is 3.83. The van der Waals surface area contributed by atoms with Crippen molar-refractivity contribution in [1.29, 1.82) is 0 Å². The first-order chi connectivity index (χ1) is 12.5. The van der Waals surface area contributed by atoms with Crippen LogP contribution in [0.4, 0.5) is 8.78 Å². The first-order valence-electron chi connectivity index (χ1n) is 7.81. The molecular weight excluding hydrogens is 360 g/mol. The summed E-state index contributed by atoms with van der Waals surface area (Å²) in [5, 5.41) is 2.97. The number of carbonyl (C=O) groups is 2. The van der Waals surface area contributed by atoms with E-state index in [1.807, 2.05) is 0 Å². The number of carbonyl (C=O) groups excluding carboxylic acids is 2. The molecule has 0 bridgehead atoms. The number of benzene rings is 2. The van der Waals surface area contributed by atoms with Gasteiger partial charge in [0.05, 0.1) is 0 Å². The molecule has 2 aromatic carbocycles. The number of aryl methyl sites for hydroxylation is 1. The van der Waals surface area contributed by atoms with Crippen LogP contribution in [-0.2, 0) is 16.1 Å². The Labute approximate surface area is 152 Å². The van der Waals surface area contributed by atoms with Crippen LogP contribution in [0.5, 0.6) is 0 Å². The van der Waals surface area contributed by atoms with Crippen LogP contribution in [0.2, 0.25) is 0 Å². The molecule has 0 unspecified atom stereocenters. The van der Waals surface area contributed by atoms with Gasteiger partial charge in [0, 0.05) is 16.6 Å². The SMILES string of the molecule is Cc1c(C(=O)OCC(=O)NCc2ccc(F)cc2)sc2cccc(F)c12. The maximum absolute atomic E-state index is 13.9. The standard InChI is InChI=1S/C19H15F2NO3S/c1-11-17-14(21)3-2-4-15(17)26-18(11)19(24)25-10-16(23)22-9-12-5-7-13(20)8-6-12/h2-8H,9-10H2,1H3,(H,22,23). The molecule has 1 aromatic heterocycles. The molecule has 26 heavy (non-hydrogen) atoms. The van der Waals surface area contributed by atoms with Gasteiger partial charge in [-0.2, -0.15) is 0 Å². The van der Waals surface area contributed by atoms with E-state index in [2.05, 4.69) is 5.32 Å². The number of thiophene rings is 1. The van der Waals surface area contributed by atoms with Crippen LogP contribution in [0.25, 0.3) is 10.1 Å². The van der Waals surface area contributed by atoms with Crippen molar-refractivity contribution in [2.45, 2.75) is 13.5 Å². The van der Waals surface area contributed by atoms with Crippen molar-refractivity contribution >= 4 is 33.3 Å². The van der Waals surface area contributed by atoms with E-state index in [1.54, 1.807) is 31.2 Å². The Morgan fingerprint density at radius 3 is 2.54 bits per heavy atom. The lowest BCUT2D eigenvalue weighted by molar-refractivity contribution is -0.124. The molecule has 0 saturated carbocycles. The van der Waals surface area contributed by atoms with Crippen molar-refractivity contribution in [3.63, 3.8) is 0 Å². The zero-order valence-electron chi connectivity index (χ0n) is 13.8. The Balaban J connectivity index is 1.58. The van der Waals surface area contributed by atoms with E-state index < -0.39 is 24.3 Å². The lowest BCUT2D eigenvalue weighted by Crippen LogP contribution is -2.28. The van der Waals surface area contributed by atoms with Crippen molar-refractivity contribution in [2.24, 2.45) is 0 Å². The van der Waals surface area contributed by atoms with Crippen LogP contribution in [-0.4, -0.2) is 18.5 Å². The topological polar surface area (TPSA) is 55.4 Å². The largest absolute Gasteiger partial charge is 0.451 e. The smallest absolute Gasteiger partial charge is 0.349 e. The average Bonchev–Trinajstić information content (AvgIpc) is 2.97. The van der Waals surface area contributed by atoms with E-state index in [4.69, 9.17) is 4.74 Å². The molecule has 0 radical (unpaired) electrons. The number of hydrogen-bond donors (Lipinski definition) is 1. The van der Waals surface area contributed by atoms with Gasteiger partial charge in [0.2, 0.25) is 0 Å². The van der Waals surface area contributed by atoms with Gasteiger partial charge in [-0.15, -0.1) is 11.3 Å². The predicted octanol–water partition coefficient (Wildman–Crippen LogP) is 3.96. The maximum Gasteiger partial charge on any atom is 0.349 e. The second kappa shape index (κ2) is 7.61. The van der Waals surface area contributed by atoms with Gasteiger partial charge in [0.25, 0.3) is 5.91 Å². The number of hydrogen-bond acceptors (Lipinski definition) is 4. The Bertz CT molecular complexity index is 967. The summed E-state index contributed by atoms with van der Waals surface area (Å²) < 4.78 is 32.4. The van der Waals surface area contributed by atoms with Crippen molar-refractivity contribution in [2.75, 3.05) is 6.61 Å². The molecule has 1 heterocycles. The third kappa shape index (κ3) is 3.88. The summed E-state index contributed by atoms with van der Waals surface area (Å²) in [4.78, 5) is 24.3. The van der Waals surface area contributed by atoms with Crippen molar-refractivity contribution in [3.05, 3.63) is 70.1 Å². The van der Waals surface area contributed by atoms with E-state index in [0.717, 1.165) is 16.9 Å². The third-order valence-corrected chi connectivity index (χ3v) is 5.06. The van der Waals surface area contributed by atoms with Gasteiger partial charge in [-0.3, -0.25) is 4.79 Å². The first kappa shape index (κ1) is 18.0. The summed E-state index contributed by atoms with van der Waals surface area (Å²) in [6.07, 6.45) is 0. The van der Waals surface area contributed by atoms with Gasteiger partial charge in [0.1, 0.15) is 16.5 Å². The van der Waals surface area contributed by atoms with Crippen molar-refractivity contribution < 1.29 is 23.1 Å². The minimum absolute atomic E-state index is 0.198. The highest BCUT2D eigenvalue weighted by atomic mass is 32.1. The zero-order chi connectivity index (χ0) is 18.7. The van der Waals surface area contributed by atoms with Crippen LogP contribution in [0, 0.1) is 18.6 Å². The molecule has 3 rings (SSSR count). The van der Waals surface area contributed by atoms with Gasteiger partial charge in [-0.25, -0.2) is 13.6 Å². The Morgan fingerprint density at radius 1 is 1.12 bits per heavy atom. The predicted molar refractivity (Wildman–Crippen MR) is 95.0 cm³/mol. The number of halogens is 2. The monoisotopic (exact) mass is 375 g/mol. The van der Waals surface area contributed by atoms with E-state index in [0.29, 0.717) is 15.6 Å². The Morgan fingerprint density at radius 2 is 1.85 bits per heavy atom. The first-order valence-corrected chi connectivity index (χ1v) is 8.63. The number of ether oxygens (including phenoxy) is 1. The number of esters is 1. The van der Waals surface area contributed by atoms with Gasteiger partial charge < -0.3 is 10.1 Å². The molecule has 1 amide bonds. The van der Waals surface area contributed by atoms with E-state index in [9.17, 15) is 18.4 Å². The quantitative estimate of drug-likeness (QED) is 0.687. The normalized spacial score (nSPS) is 10.7. The van der Waals surface area contributed by atoms with Gasteiger partial charge in [-0.1, -0.05) is 18.2 Å². The van der Waals surface area contributed by atoms with Crippen LogP contribution in [0.15, 0.2) is 42.5 Å². The number of fused-ring (bicyclic) bond motifs is 1. The summed E-state index contributed by atoms with van der Waals surface area (Å²) in [6.45, 7) is 1.40. The van der Waals surface area contributed by atoms with E-state index in [1.165, 1.54) is 18.2 Å². The van der Waals surface area contributed by atoms with Crippen molar-refractivity contribution in [1.82, 2.24) is 5.32 Å². The maximum atomic E-state index is 13.9. The second-order valence-corrected chi connectivity index (χ2v) is 6.70. The molecule has 134 valence electrons. The number of amides is 1. The molecule has 0 fully saturated rings. The minimum atomic E-state index is -0.667. The summed E-state index contributed by atoms with van der Waals surface area (Å²) >= 11 is 1.13.